The van der Waals surface area contributed by atoms with Crippen LogP contribution >= 0.6 is 0 Å². The maximum absolute atomic E-state index is 12.4. The molecule has 1 rings (SSSR count). The second-order valence-corrected chi connectivity index (χ2v) is 6.45. The minimum absolute atomic E-state index is 0.0891. The first-order valence-electron chi connectivity index (χ1n) is 7.58. The molecule has 0 heterocycles. The fourth-order valence-corrected chi connectivity index (χ4v) is 1.87. The van der Waals surface area contributed by atoms with Crippen LogP contribution in [0.15, 0.2) is 30.3 Å². The van der Waals surface area contributed by atoms with Gasteiger partial charge in [0.2, 0.25) is 17.7 Å². The lowest BCUT2D eigenvalue weighted by Gasteiger charge is -2.24. The van der Waals surface area contributed by atoms with Crippen LogP contribution < -0.4 is 11.1 Å². The van der Waals surface area contributed by atoms with Gasteiger partial charge >= 0.3 is 0 Å². The Morgan fingerprint density at radius 2 is 1.74 bits per heavy atom. The summed E-state index contributed by atoms with van der Waals surface area (Å²) >= 11 is 0. The van der Waals surface area contributed by atoms with E-state index >= 15 is 0 Å². The minimum atomic E-state index is -0.558. The molecular formula is C17H25N3O3. The molecule has 0 aliphatic rings. The van der Waals surface area contributed by atoms with Gasteiger partial charge in [0, 0.05) is 24.9 Å². The molecule has 0 atom stereocenters. The van der Waals surface area contributed by atoms with Crippen molar-refractivity contribution in [2.75, 3.05) is 13.1 Å². The molecule has 0 aromatic heterocycles. The molecule has 0 saturated carbocycles. The highest BCUT2D eigenvalue weighted by molar-refractivity contribution is 5.87. The molecule has 0 saturated heterocycles. The summed E-state index contributed by atoms with van der Waals surface area (Å²) in [7, 11) is 0. The highest BCUT2D eigenvalue weighted by Crippen LogP contribution is 2.12. The van der Waals surface area contributed by atoms with Gasteiger partial charge in [0.15, 0.2) is 0 Å². The van der Waals surface area contributed by atoms with E-state index in [2.05, 4.69) is 5.32 Å². The number of benzene rings is 1. The lowest BCUT2D eigenvalue weighted by atomic mass is 9.96. The number of primary amides is 1. The molecule has 0 aliphatic carbocycles. The van der Waals surface area contributed by atoms with E-state index in [1.54, 1.807) is 20.8 Å². The van der Waals surface area contributed by atoms with Crippen molar-refractivity contribution >= 4 is 17.7 Å². The second kappa shape index (κ2) is 8.31. The highest BCUT2D eigenvalue weighted by Gasteiger charge is 2.23. The van der Waals surface area contributed by atoms with Crippen molar-refractivity contribution in [2.45, 2.75) is 33.7 Å². The van der Waals surface area contributed by atoms with Gasteiger partial charge in [0.1, 0.15) is 0 Å². The predicted molar refractivity (Wildman–Crippen MR) is 88.1 cm³/mol. The van der Waals surface area contributed by atoms with Gasteiger partial charge in [0.05, 0.1) is 6.54 Å². The van der Waals surface area contributed by atoms with E-state index in [-0.39, 0.29) is 31.3 Å². The molecule has 0 bridgehead atoms. The van der Waals surface area contributed by atoms with Crippen LogP contribution in [0.4, 0.5) is 0 Å². The molecule has 0 spiro atoms. The van der Waals surface area contributed by atoms with Gasteiger partial charge in [-0.25, -0.2) is 0 Å². The van der Waals surface area contributed by atoms with Gasteiger partial charge in [-0.3, -0.25) is 14.4 Å². The van der Waals surface area contributed by atoms with Crippen molar-refractivity contribution in [3.63, 3.8) is 0 Å². The van der Waals surface area contributed by atoms with Crippen molar-refractivity contribution < 1.29 is 14.4 Å². The zero-order chi connectivity index (χ0) is 17.5. The quantitative estimate of drug-likeness (QED) is 0.787. The number of carbonyl (C=O) groups excluding carboxylic acids is 3. The van der Waals surface area contributed by atoms with Crippen molar-refractivity contribution in [1.82, 2.24) is 10.2 Å². The number of hydrogen-bond donors (Lipinski definition) is 2. The molecule has 23 heavy (non-hydrogen) atoms. The lowest BCUT2D eigenvalue weighted by Crippen LogP contribution is -2.44. The first kappa shape index (κ1) is 18.7. The fraction of sp³-hybridized carbons (Fsp3) is 0.471. The third-order valence-electron chi connectivity index (χ3n) is 3.28. The number of amides is 3. The zero-order valence-corrected chi connectivity index (χ0v) is 14.0. The van der Waals surface area contributed by atoms with E-state index in [4.69, 9.17) is 5.73 Å². The van der Waals surface area contributed by atoms with Crippen molar-refractivity contribution in [3.05, 3.63) is 35.9 Å². The fourth-order valence-electron chi connectivity index (χ4n) is 1.87. The standard InChI is InChI=1S/C17H25N3O3/c1-17(2,3)16(23)19-11-15(22)20(10-9-14(18)21)12-13-7-5-4-6-8-13/h4-8H,9-12H2,1-3H3,(H2,18,21)(H,19,23). The summed E-state index contributed by atoms with van der Waals surface area (Å²) in [5, 5.41) is 2.63. The molecule has 0 fully saturated rings. The summed E-state index contributed by atoms with van der Waals surface area (Å²) in [6, 6.07) is 9.46. The van der Waals surface area contributed by atoms with Gasteiger partial charge in [-0.15, -0.1) is 0 Å². The summed E-state index contributed by atoms with van der Waals surface area (Å²) in [6.07, 6.45) is 0.0891. The third-order valence-corrected chi connectivity index (χ3v) is 3.28. The lowest BCUT2D eigenvalue weighted by molar-refractivity contribution is -0.136. The predicted octanol–water partition coefficient (Wildman–Crippen LogP) is 1.05. The molecule has 0 unspecified atom stereocenters. The molecule has 3 N–H and O–H groups in total. The topological polar surface area (TPSA) is 92.5 Å². The highest BCUT2D eigenvalue weighted by atomic mass is 16.2. The van der Waals surface area contributed by atoms with Gasteiger partial charge in [0.25, 0.3) is 0 Å². The third kappa shape index (κ3) is 6.95. The SMILES string of the molecule is CC(C)(C)C(=O)NCC(=O)N(CCC(N)=O)Cc1ccccc1. The Balaban J connectivity index is 2.68. The summed E-state index contributed by atoms with van der Waals surface area (Å²) in [4.78, 5) is 36.7. The molecule has 1 aromatic carbocycles. The summed E-state index contributed by atoms with van der Waals surface area (Å²) < 4.78 is 0. The smallest absolute Gasteiger partial charge is 0.242 e. The minimum Gasteiger partial charge on any atom is -0.370 e. The Morgan fingerprint density at radius 1 is 1.13 bits per heavy atom. The Hall–Kier alpha value is -2.37. The monoisotopic (exact) mass is 319 g/mol. The number of nitrogens with two attached hydrogens (primary N) is 1. The average Bonchev–Trinajstić information content (AvgIpc) is 2.48. The van der Waals surface area contributed by atoms with Crippen LogP contribution in [0.2, 0.25) is 0 Å². The number of hydrogen-bond acceptors (Lipinski definition) is 3. The van der Waals surface area contributed by atoms with Gasteiger partial charge in [-0.05, 0) is 5.56 Å². The molecule has 1 aromatic rings. The van der Waals surface area contributed by atoms with Crippen molar-refractivity contribution in [3.8, 4) is 0 Å². The van der Waals surface area contributed by atoms with Gasteiger partial charge in [-0.1, -0.05) is 51.1 Å². The Kier molecular flexibility index (Phi) is 6.75. The van der Waals surface area contributed by atoms with Crippen LogP contribution in [0.25, 0.3) is 0 Å². The van der Waals surface area contributed by atoms with E-state index in [9.17, 15) is 14.4 Å². The Morgan fingerprint density at radius 3 is 2.26 bits per heavy atom. The normalized spacial score (nSPS) is 10.9. The van der Waals surface area contributed by atoms with Crippen LogP contribution in [0.5, 0.6) is 0 Å². The van der Waals surface area contributed by atoms with E-state index in [1.165, 1.54) is 4.90 Å². The van der Waals surface area contributed by atoms with E-state index in [1.807, 2.05) is 30.3 Å². The van der Waals surface area contributed by atoms with Gasteiger partial charge < -0.3 is 16.0 Å². The first-order valence-corrected chi connectivity index (χ1v) is 7.58. The summed E-state index contributed by atoms with van der Waals surface area (Å²) in [5.41, 5.74) is 5.56. The van der Waals surface area contributed by atoms with Crippen LogP contribution in [-0.2, 0) is 20.9 Å². The summed E-state index contributed by atoms with van der Waals surface area (Å²) in [6.45, 7) is 5.85. The average molecular weight is 319 g/mol. The van der Waals surface area contributed by atoms with Crippen LogP contribution in [-0.4, -0.2) is 35.7 Å². The second-order valence-electron chi connectivity index (χ2n) is 6.45. The summed E-state index contributed by atoms with van der Waals surface area (Å²) in [5.74, 6) is -0.900. The molecule has 0 radical (unpaired) electrons. The van der Waals surface area contributed by atoms with Crippen LogP contribution in [0.3, 0.4) is 0 Å². The number of rotatable bonds is 7. The molecule has 6 nitrogen and oxygen atoms in total. The Labute approximate surface area is 137 Å². The number of carbonyl (C=O) groups is 3. The molecular weight excluding hydrogens is 294 g/mol. The van der Waals surface area contributed by atoms with E-state index in [0.29, 0.717) is 6.54 Å². The molecule has 6 heteroatoms. The number of nitrogens with zero attached hydrogens (tertiary/aromatic N) is 1. The molecule has 126 valence electrons. The Bertz CT molecular complexity index is 550. The van der Waals surface area contributed by atoms with E-state index < -0.39 is 11.3 Å². The number of nitrogens with one attached hydrogen (secondary N) is 1. The van der Waals surface area contributed by atoms with Crippen molar-refractivity contribution in [1.29, 1.82) is 0 Å². The maximum atomic E-state index is 12.4. The molecule has 0 aliphatic heterocycles. The first-order chi connectivity index (χ1) is 10.7. The maximum Gasteiger partial charge on any atom is 0.242 e. The van der Waals surface area contributed by atoms with E-state index in [0.717, 1.165) is 5.56 Å². The van der Waals surface area contributed by atoms with Crippen LogP contribution in [0, 0.1) is 5.41 Å². The zero-order valence-electron chi connectivity index (χ0n) is 14.0. The molecule has 3 amide bonds. The van der Waals surface area contributed by atoms with Crippen molar-refractivity contribution in [2.24, 2.45) is 11.1 Å². The largest absolute Gasteiger partial charge is 0.370 e. The van der Waals surface area contributed by atoms with Gasteiger partial charge in [-0.2, -0.15) is 0 Å². The van der Waals surface area contributed by atoms with Crippen LogP contribution in [0.1, 0.15) is 32.8 Å².